The maximum Gasteiger partial charge on any atom is 0.251 e. The number of nitrogens with one attached hydrogen (secondary N) is 1. The predicted molar refractivity (Wildman–Crippen MR) is 77.3 cm³/mol. The molecule has 0 atom stereocenters. The predicted octanol–water partition coefficient (Wildman–Crippen LogP) is 4.34. The summed E-state index contributed by atoms with van der Waals surface area (Å²) >= 11 is 8.01. The van der Waals surface area contributed by atoms with Crippen molar-refractivity contribution in [2.75, 3.05) is 0 Å². The molecular formula is C12H8Br2FNOS. The average molecular weight is 393 g/mol. The van der Waals surface area contributed by atoms with Gasteiger partial charge < -0.3 is 5.32 Å². The quantitative estimate of drug-likeness (QED) is 0.826. The number of carbonyl (C=O) groups is 1. The molecule has 0 aliphatic heterocycles. The van der Waals surface area contributed by atoms with Crippen LogP contribution in [0.2, 0.25) is 0 Å². The molecule has 1 heterocycles. The Morgan fingerprint density at radius 1 is 1.28 bits per heavy atom. The standard InChI is InChI=1S/C12H8Br2FNOS/c13-8-3-4-18-11(8)6-16-12(17)7-1-2-10(15)9(14)5-7/h1-5H,6H2,(H,16,17). The minimum atomic E-state index is -0.382. The number of carbonyl (C=O) groups excluding carboxylic acids is 1. The molecule has 2 aromatic rings. The van der Waals surface area contributed by atoms with E-state index in [1.165, 1.54) is 18.2 Å². The van der Waals surface area contributed by atoms with E-state index in [-0.39, 0.29) is 16.2 Å². The van der Waals surface area contributed by atoms with Crippen LogP contribution >= 0.6 is 43.2 Å². The molecule has 0 aliphatic rings. The summed E-state index contributed by atoms with van der Waals surface area (Å²) in [6, 6.07) is 6.12. The first kappa shape index (κ1) is 13.7. The molecule has 0 fully saturated rings. The minimum Gasteiger partial charge on any atom is -0.347 e. The summed E-state index contributed by atoms with van der Waals surface area (Å²) in [5, 5.41) is 4.73. The molecule has 0 bridgehead atoms. The molecule has 0 unspecified atom stereocenters. The van der Waals surface area contributed by atoms with Gasteiger partial charge in [0.1, 0.15) is 5.82 Å². The van der Waals surface area contributed by atoms with Crippen molar-refractivity contribution in [2.45, 2.75) is 6.54 Å². The molecule has 0 aliphatic carbocycles. The Kier molecular flexibility index (Phi) is 4.53. The van der Waals surface area contributed by atoms with Crippen molar-refractivity contribution < 1.29 is 9.18 Å². The van der Waals surface area contributed by atoms with Crippen LogP contribution in [-0.4, -0.2) is 5.91 Å². The van der Waals surface area contributed by atoms with Gasteiger partial charge in [0.15, 0.2) is 0 Å². The summed E-state index contributed by atoms with van der Waals surface area (Å²) in [5.41, 5.74) is 0.427. The number of amides is 1. The van der Waals surface area contributed by atoms with E-state index >= 15 is 0 Å². The van der Waals surface area contributed by atoms with Gasteiger partial charge in [-0.25, -0.2) is 4.39 Å². The van der Waals surface area contributed by atoms with E-state index in [9.17, 15) is 9.18 Å². The molecule has 1 amide bonds. The molecule has 0 saturated heterocycles. The largest absolute Gasteiger partial charge is 0.347 e. The van der Waals surface area contributed by atoms with Gasteiger partial charge in [-0.15, -0.1) is 11.3 Å². The number of benzene rings is 1. The Morgan fingerprint density at radius 2 is 2.06 bits per heavy atom. The van der Waals surface area contributed by atoms with Crippen LogP contribution in [0.3, 0.4) is 0 Å². The highest BCUT2D eigenvalue weighted by Gasteiger charge is 2.09. The summed E-state index contributed by atoms with van der Waals surface area (Å²) in [7, 11) is 0. The summed E-state index contributed by atoms with van der Waals surface area (Å²) in [6.45, 7) is 0.450. The molecule has 2 nitrogen and oxygen atoms in total. The van der Waals surface area contributed by atoms with Gasteiger partial charge in [-0.1, -0.05) is 0 Å². The highest BCUT2D eigenvalue weighted by atomic mass is 79.9. The van der Waals surface area contributed by atoms with Crippen LogP contribution in [0.5, 0.6) is 0 Å². The van der Waals surface area contributed by atoms with Gasteiger partial charge in [0.2, 0.25) is 0 Å². The zero-order valence-electron chi connectivity index (χ0n) is 9.04. The monoisotopic (exact) mass is 391 g/mol. The second-order valence-corrected chi connectivity index (χ2v) is 6.21. The highest BCUT2D eigenvalue weighted by molar-refractivity contribution is 9.10. The fraction of sp³-hybridized carbons (Fsp3) is 0.0833. The van der Waals surface area contributed by atoms with E-state index < -0.39 is 0 Å². The fourth-order valence-electron chi connectivity index (χ4n) is 1.35. The van der Waals surface area contributed by atoms with Crippen LogP contribution in [0, 0.1) is 5.82 Å². The molecule has 2 rings (SSSR count). The van der Waals surface area contributed by atoms with E-state index in [0.717, 1.165) is 9.35 Å². The van der Waals surface area contributed by atoms with Crippen molar-refractivity contribution in [2.24, 2.45) is 0 Å². The molecule has 18 heavy (non-hydrogen) atoms. The lowest BCUT2D eigenvalue weighted by molar-refractivity contribution is 0.0951. The molecule has 1 N–H and O–H groups in total. The topological polar surface area (TPSA) is 29.1 Å². The van der Waals surface area contributed by atoms with Crippen molar-refractivity contribution >= 4 is 49.1 Å². The first-order valence-corrected chi connectivity index (χ1v) is 7.49. The summed E-state index contributed by atoms with van der Waals surface area (Å²) in [4.78, 5) is 12.9. The lowest BCUT2D eigenvalue weighted by Gasteiger charge is -2.05. The highest BCUT2D eigenvalue weighted by Crippen LogP contribution is 2.22. The zero-order valence-corrected chi connectivity index (χ0v) is 13.0. The third kappa shape index (κ3) is 3.18. The van der Waals surface area contributed by atoms with E-state index in [1.54, 1.807) is 11.3 Å². The van der Waals surface area contributed by atoms with Crippen LogP contribution in [0.1, 0.15) is 15.2 Å². The summed E-state index contributed by atoms with van der Waals surface area (Å²) in [5.74, 6) is -0.608. The van der Waals surface area contributed by atoms with Crippen molar-refractivity contribution in [3.63, 3.8) is 0 Å². The first-order valence-electron chi connectivity index (χ1n) is 5.03. The summed E-state index contributed by atoms with van der Waals surface area (Å²) < 4.78 is 14.3. The molecule has 0 radical (unpaired) electrons. The number of thiophene rings is 1. The fourth-order valence-corrected chi connectivity index (χ4v) is 3.16. The van der Waals surface area contributed by atoms with Crippen molar-refractivity contribution in [3.05, 3.63) is 54.8 Å². The van der Waals surface area contributed by atoms with E-state index in [2.05, 4.69) is 37.2 Å². The van der Waals surface area contributed by atoms with Crippen LogP contribution in [-0.2, 0) is 6.54 Å². The molecule has 1 aromatic carbocycles. The van der Waals surface area contributed by atoms with Gasteiger partial charge in [-0.05, 0) is 61.5 Å². The Hall–Kier alpha value is -0.720. The average Bonchev–Trinajstić information content (AvgIpc) is 2.75. The number of halogens is 3. The Bertz CT molecular complexity index is 585. The zero-order chi connectivity index (χ0) is 13.1. The van der Waals surface area contributed by atoms with Gasteiger partial charge in [0, 0.05) is 14.9 Å². The van der Waals surface area contributed by atoms with Crippen LogP contribution in [0.25, 0.3) is 0 Å². The van der Waals surface area contributed by atoms with Crippen molar-refractivity contribution in [1.29, 1.82) is 0 Å². The van der Waals surface area contributed by atoms with Crippen molar-refractivity contribution in [3.8, 4) is 0 Å². The van der Waals surface area contributed by atoms with Gasteiger partial charge in [0.05, 0.1) is 11.0 Å². The lowest BCUT2D eigenvalue weighted by Crippen LogP contribution is -2.22. The normalized spacial score (nSPS) is 10.4. The molecule has 0 saturated carbocycles. The second-order valence-electron chi connectivity index (χ2n) is 3.50. The Morgan fingerprint density at radius 3 is 2.67 bits per heavy atom. The Balaban J connectivity index is 2.04. The number of hydrogen-bond donors (Lipinski definition) is 1. The van der Waals surface area contributed by atoms with Gasteiger partial charge in [-0.2, -0.15) is 0 Å². The number of rotatable bonds is 3. The minimum absolute atomic E-state index is 0.226. The van der Waals surface area contributed by atoms with Crippen LogP contribution in [0.4, 0.5) is 4.39 Å². The molecule has 6 heteroatoms. The van der Waals surface area contributed by atoms with Crippen LogP contribution < -0.4 is 5.32 Å². The molecule has 0 spiro atoms. The third-order valence-corrected chi connectivity index (χ3v) is 4.82. The van der Waals surface area contributed by atoms with Gasteiger partial charge in [0.25, 0.3) is 5.91 Å². The second kappa shape index (κ2) is 5.95. The SMILES string of the molecule is O=C(NCc1sccc1Br)c1ccc(F)c(Br)c1. The molecule has 94 valence electrons. The van der Waals surface area contributed by atoms with E-state index in [1.807, 2.05) is 11.4 Å². The van der Waals surface area contributed by atoms with E-state index in [4.69, 9.17) is 0 Å². The third-order valence-electron chi connectivity index (χ3n) is 2.28. The maximum absolute atomic E-state index is 13.0. The maximum atomic E-state index is 13.0. The van der Waals surface area contributed by atoms with Crippen LogP contribution in [0.15, 0.2) is 38.6 Å². The molecule has 1 aromatic heterocycles. The molecular weight excluding hydrogens is 385 g/mol. The van der Waals surface area contributed by atoms with Crippen molar-refractivity contribution in [1.82, 2.24) is 5.32 Å². The lowest BCUT2D eigenvalue weighted by atomic mass is 10.2. The number of hydrogen-bond acceptors (Lipinski definition) is 2. The van der Waals surface area contributed by atoms with Gasteiger partial charge >= 0.3 is 0 Å². The summed E-state index contributed by atoms with van der Waals surface area (Å²) in [6.07, 6.45) is 0. The van der Waals surface area contributed by atoms with Gasteiger partial charge in [-0.3, -0.25) is 4.79 Å². The Labute approximate surface area is 124 Å². The smallest absolute Gasteiger partial charge is 0.251 e. The van der Waals surface area contributed by atoms with E-state index in [0.29, 0.717) is 12.1 Å². The first-order chi connectivity index (χ1) is 8.58.